The summed E-state index contributed by atoms with van der Waals surface area (Å²) in [5.74, 6) is 0.924. The highest BCUT2D eigenvalue weighted by molar-refractivity contribution is 7.13. The van der Waals surface area contributed by atoms with Gasteiger partial charge in [0.1, 0.15) is 0 Å². The number of nitrogens with zero attached hydrogens (tertiary/aromatic N) is 4. The van der Waals surface area contributed by atoms with E-state index in [4.69, 9.17) is 0 Å². The van der Waals surface area contributed by atoms with Crippen LogP contribution in [0.25, 0.3) is 0 Å². The molecule has 28 heavy (non-hydrogen) atoms. The highest BCUT2D eigenvalue weighted by Gasteiger charge is 2.59. The third kappa shape index (κ3) is 2.87. The Morgan fingerprint density at radius 1 is 1.36 bits per heavy atom. The summed E-state index contributed by atoms with van der Waals surface area (Å²) in [7, 11) is 1.95. The first-order valence-corrected chi connectivity index (χ1v) is 10.9. The van der Waals surface area contributed by atoms with Crippen LogP contribution < -0.4 is 0 Å². The van der Waals surface area contributed by atoms with Gasteiger partial charge in [0.2, 0.25) is 5.91 Å². The number of hydrogen-bond acceptors (Lipinski definition) is 4. The minimum absolute atomic E-state index is 0.0320. The quantitative estimate of drug-likeness (QED) is 0.796. The molecule has 6 nitrogen and oxygen atoms in total. The van der Waals surface area contributed by atoms with Gasteiger partial charge in [-0.05, 0) is 44.2 Å². The normalized spacial score (nSPS) is 27.4. The molecule has 2 aromatic rings. The Kier molecular flexibility index (Phi) is 4.12. The second-order valence-electron chi connectivity index (χ2n) is 8.71. The molecule has 3 aliphatic rings. The molecule has 2 amide bonds. The molecule has 0 aromatic carbocycles. The Balaban J connectivity index is 1.46. The van der Waals surface area contributed by atoms with E-state index in [0.29, 0.717) is 19.0 Å². The molecule has 0 bridgehead atoms. The second kappa shape index (κ2) is 6.44. The first-order valence-electron chi connectivity index (χ1n) is 10.1. The van der Waals surface area contributed by atoms with Crippen LogP contribution in [-0.4, -0.2) is 57.3 Å². The van der Waals surface area contributed by atoms with Crippen molar-refractivity contribution < 1.29 is 9.59 Å². The topological polar surface area (TPSA) is 58.4 Å². The average Bonchev–Trinajstić information content (AvgIpc) is 3.01. The standard InChI is InChI=1S/C21H26N4O2S/c1-14-3-6-18(28-14)19(26)25-10-16(17-11-23(2)13-22-17)21(12-25)7-8-24(20(21)27)9-15-4-5-15/h3,6,11,13,15-16H,4-5,7-10,12H2,1-2H3/t16-,21-/m0/s1. The SMILES string of the molecule is Cc1ccc(C(=O)N2C[C@@H](c3cn(C)cn3)[C@]3(CCN(CC4CC4)C3=O)C2)s1. The first kappa shape index (κ1) is 17.9. The average molecular weight is 399 g/mol. The van der Waals surface area contributed by atoms with E-state index in [9.17, 15) is 9.59 Å². The van der Waals surface area contributed by atoms with Gasteiger partial charge >= 0.3 is 0 Å². The van der Waals surface area contributed by atoms with Gasteiger partial charge in [-0.2, -0.15) is 0 Å². The zero-order chi connectivity index (χ0) is 19.5. The van der Waals surface area contributed by atoms with Crippen molar-refractivity contribution in [3.05, 3.63) is 40.1 Å². The fourth-order valence-electron chi connectivity index (χ4n) is 4.87. The van der Waals surface area contributed by atoms with Crippen LogP contribution in [0.15, 0.2) is 24.7 Å². The Hall–Kier alpha value is -2.15. The molecule has 1 aliphatic carbocycles. The molecule has 3 fully saturated rings. The molecular formula is C21H26N4O2S. The van der Waals surface area contributed by atoms with Crippen molar-refractivity contribution >= 4 is 23.2 Å². The largest absolute Gasteiger partial charge is 0.342 e. The molecule has 2 aliphatic heterocycles. The highest BCUT2D eigenvalue weighted by atomic mass is 32.1. The van der Waals surface area contributed by atoms with Crippen molar-refractivity contribution in [3.8, 4) is 0 Å². The summed E-state index contributed by atoms with van der Waals surface area (Å²) in [6.45, 7) is 4.77. The summed E-state index contributed by atoms with van der Waals surface area (Å²) in [6, 6.07) is 3.89. The number of thiophene rings is 1. The molecule has 0 N–H and O–H groups in total. The van der Waals surface area contributed by atoms with Crippen LogP contribution in [0.1, 0.15) is 45.4 Å². The van der Waals surface area contributed by atoms with E-state index in [2.05, 4.69) is 9.88 Å². The maximum Gasteiger partial charge on any atom is 0.263 e. The molecule has 1 saturated carbocycles. The van der Waals surface area contributed by atoms with Gasteiger partial charge in [-0.1, -0.05) is 0 Å². The van der Waals surface area contributed by atoms with Crippen molar-refractivity contribution in [2.75, 3.05) is 26.2 Å². The number of aryl methyl sites for hydroxylation is 2. The van der Waals surface area contributed by atoms with Gasteiger partial charge in [0.25, 0.3) is 5.91 Å². The number of amides is 2. The monoisotopic (exact) mass is 398 g/mol. The summed E-state index contributed by atoms with van der Waals surface area (Å²) >= 11 is 1.53. The summed E-state index contributed by atoms with van der Waals surface area (Å²) in [6.07, 6.45) is 7.09. The Bertz CT molecular complexity index is 930. The van der Waals surface area contributed by atoms with E-state index in [1.54, 1.807) is 6.33 Å². The van der Waals surface area contributed by atoms with Gasteiger partial charge in [-0.3, -0.25) is 9.59 Å². The van der Waals surface area contributed by atoms with Crippen molar-refractivity contribution in [3.63, 3.8) is 0 Å². The van der Waals surface area contributed by atoms with E-state index in [-0.39, 0.29) is 17.7 Å². The van der Waals surface area contributed by atoms with Crippen molar-refractivity contribution in [1.29, 1.82) is 0 Å². The van der Waals surface area contributed by atoms with Crippen LogP contribution >= 0.6 is 11.3 Å². The lowest BCUT2D eigenvalue weighted by atomic mass is 9.75. The number of rotatable bonds is 4. The Morgan fingerprint density at radius 2 is 2.18 bits per heavy atom. The molecule has 0 unspecified atom stereocenters. The molecule has 7 heteroatoms. The van der Waals surface area contributed by atoms with E-state index < -0.39 is 5.41 Å². The van der Waals surface area contributed by atoms with Crippen molar-refractivity contribution in [1.82, 2.24) is 19.4 Å². The van der Waals surface area contributed by atoms with Crippen LogP contribution in [0.4, 0.5) is 0 Å². The van der Waals surface area contributed by atoms with Gasteiger partial charge in [0.05, 0.1) is 22.3 Å². The molecule has 2 saturated heterocycles. The number of imidazole rings is 1. The number of carbonyl (C=O) groups is 2. The summed E-state index contributed by atoms with van der Waals surface area (Å²) in [5.41, 5.74) is 0.410. The molecule has 2 aromatic heterocycles. The molecule has 5 rings (SSSR count). The summed E-state index contributed by atoms with van der Waals surface area (Å²) < 4.78 is 1.93. The molecule has 2 atom stereocenters. The number of hydrogen-bond donors (Lipinski definition) is 0. The predicted octanol–water partition coefficient (Wildman–Crippen LogP) is 2.66. The van der Waals surface area contributed by atoms with Gasteiger partial charge in [-0.15, -0.1) is 11.3 Å². The van der Waals surface area contributed by atoms with Crippen LogP contribution in [-0.2, 0) is 11.8 Å². The molecular weight excluding hydrogens is 372 g/mol. The minimum Gasteiger partial charge on any atom is -0.342 e. The zero-order valence-corrected chi connectivity index (χ0v) is 17.2. The van der Waals surface area contributed by atoms with Gasteiger partial charge in [0.15, 0.2) is 0 Å². The van der Waals surface area contributed by atoms with Crippen LogP contribution in [0.5, 0.6) is 0 Å². The number of carbonyl (C=O) groups excluding carboxylic acids is 2. The Labute approximate surface area is 169 Å². The fourth-order valence-corrected chi connectivity index (χ4v) is 5.71. The van der Waals surface area contributed by atoms with E-state index >= 15 is 0 Å². The molecule has 1 spiro atoms. The van der Waals surface area contributed by atoms with E-state index in [1.165, 1.54) is 24.2 Å². The smallest absolute Gasteiger partial charge is 0.263 e. The maximum absolute atomic E-state index is 13.5. The van der Waals surface area contributed by atoms with Gasteiger partial charge < -0.3 is 14.4 Å². The second-order valence-corrected chi connectivity index (χ2v) is 10.0. The lowest BCUT2D eigenvalue weighted by Gasteiger charge is -2.27. The van der Waals surface area contributed by atoms with Crippen molar-refractivity contribution in [2.45, 2.75) is 32.1 Å². The van der Waals surface area contributed by atoms with Crippen LogP contribution in [0.2, 0.25) is 0 Å². The third-order valence-electron chi connectivity index (χ3n) is 6.58. The highest BCUT2D eigenvalue weighted by Crippen LogP contribution is 2.50. The van der Waals surface area contributed by atoms with Crippen LogP contribution in [0.3, 0.4) is 0 Å². The third-order valence-corrected chi connectivity index (χ3v) is 7.57. The lowest BCUT2D eigenvalue weighted by molar-refractivity contribution is -0.136. The Morgan fingerprint density at radius 3 is 2.82 bits per heavy atom. The summed E-state index contributed by atoms with van der Waals surface area (Å²) in [4.78, 5) is 37.1. The van der Waals surface area contributed by atoms with Gasteiger partial charge in [0, 0.05) is 50.2 Å². The van der Waals surface area contributed by atoms with E-state index in [1.807, 2.05) is 41.8 Å². The molecule has 148 valence electrons. The zero-order valence-electron chi connectivity index (χ0n) is 16.4. The van der Waals surface area contributed by atoms with Gasteiger partial charge in [-0.25, -0.2) is 4.98 Å². The number of likely N-dealkylation sites (tertiary alicyclic amines) is 2. The van der Waals surface area contributed by atoms with E-state index in [0.717, 1.165) is 35.0 Å². The maximum atomic E-state index is 13.5. The number of aromatic nitrogens is 2. The summed E-state index contributed by atoms with van der Waals surface area (Å²) in [5, 5.41) is 0. The van der Waals surface area contributed by atoms with Crippen LogP contribution in [0, 0.1) is 18.3 Å². The molecule has 0 radical (unpaired) electrons. The molecule has 4 heterocycles. The predicted molar refractivity (Wildman–Crippen MR) is 107 cm³/mol. The first-order chi connectivity index (χ1) is 13.5. The minimum atomic E-state index is -0.523. The lowest BCUT2D eigenvalue weighted by Crippen LogP contribution is -2.41. The fraction of sp³-hybridized carbons (Fsp3) is 0.571. The van der Waals surface area contributed by atoms with Crippen molar-refractivity contribution in [2.24, 2.45) is 18.4 Å².